The maximum Gasteiger partial charge on any atom is 0.169 e. The van der Waals surface area contributed by atoms with Crippen LogP contribution in [-0.2, 0) is 0 Å². The lowest BCUT2D eigenvalue weighted by atomic mass is 10.3. The molecule has 0 amide bonds. The zero-order chi connectivity index (χ0) is 14.2. The first kappa shape index (κ1) is 12.6. The molecular formula is C15H9N3OS2. The van der Waals surface area contributed by atoms with E-state index in [1.54, 1.807) is 15.7 Å². The largest absolute Gasteiger partial charge is 0.296 e. The Kier molecular flexibility index (Phi) is 2.98. The van der Waals surface area contributed by atoms with Crippen molar-refractivity contribution in [2.24, 2.45) is 0 Å². The van der Waals surface area contributed by atoms with Crippen molar-refractivity contribution in [1.82, 2.24) is 14.4 Å². The van der Waals surface area contributed by atoms with E-state index in [1.807, 2.05) is 48.7 Å². The number of thiazole rings is 1. The molecule has 3 heterocycles. The molecular weight excluding hydrogens is 302 g/mol. The second kappa shape index (κ2) is 4.98. The number of aldehydes is 1. The van der Waals surface area contributed by atoms with Crippen LogP contribution in [0.5, 0.6) is 0 Å². The normalized spacial score (nSPS) is 11.2. The van der Waals surface area contributed by atoms with Crippen molar-refractivity contribution in [3.05, 3.63) is 54.4 Å². The zero-order valence-corrected chi connectivity index (χ0v) is 12.4. The number of benzene rings is 1. The molecule has 21 heavy (non-hydrogen) atoms. The molecule has 4 aromatic rings. The summed E-state index contributed by atoms with van der Waals surface area (Å²) >= 11 is 3.04. The quantitative estimate of drug-likeness (QED) is 0.538. The van der Waals surface area contributed by atoms with E-state index in [0.717, 1.165) is 26.5 Å². The van der Waals surface area contributed by atoms with Crippen molar-refractivity contribution in [2.45, 2.75) is 9.37 Å². The number of para-hydroxylation sites is 1. The fourth-order valence-electron chi connectivity index (χ4n) is 2.15. The van der Waals surface area contributed by atoms with Crippen molar-refractivity contribution in [1.29, 1.82) is 0 Å². The third-order valence-corrected chi connectivity index (χ3v) is 5.19. The molecule has 4 nitrogen and oxygen atoms in total. The molecule has 6 heteroatoms. The summed E-state index contributed by atoms with van der Waals surface area (Å²) in [5.41, 5.74) is 2.31. The molecule has 0 unspecified atom stereocenters. The number of fused-ring (bicyclic) bond motifs is 2. The lowest BCUT2D eigenvalue weighted by Gasteiger charge is -1.94. The van der Waals surface area contributed by atoms with Gasteiger partial charge in [0.15, 0.2) is 10.6 Å². The number of aromatic nitrogens is 3. The molecule has 0 saturated carbocycles. The second-order valence-electron chi connectivity index (χ2n) is 4.40. The van der Waals surface area contributed by atoms with Crippen LogP contribution in [0.25, 0.3) is 15.9 Å². The summed E-state index contributed by atoms with van der Waals surface area (Å²) in [6, 6.07) is 13.7. The van der Waals surface area contributed by atoms with Gasteiger partial charge in [0, 0.05) is 6.20 Å². The maximum absolute atomic E-state index is 11.4. The Labute approximate surface area is 128 Å². The first-order valence-electron chi connectivity index (χ1n) is 6.31. The molecule has 0 aliphatic carbocycles. The highest BCUT2D eigenvalue weighted by Gasteiger charge is 2.14. The van der Waals surface area contributed by atoms with Gasteiger partial charge in [0.2, 0.25) is 0 Å². The smallest absolute Gasteiger partial charge is 0.169 e. The average molecular weight is 311 g/mol. The molecule has 0 radical (unpaired) electrons. The van der Waals surface area contributed by atoms with E-state index in [4.69, 9.17) is 0 Å². The van der Waals surface area contributed by atoms with Gasteiger partial charge in [-0.2, -0.15) is 0 Å². The maximum atomic E-state index is 11.4. The molecule has 102 valence electrons. The minimum absolute atomic E-state index is 0.565. The number of hydrogen-bond acceptors (Lipinski definition) is 5. The van der Waals surface area contributed by atoms with Crippen LogP contribution in [0.4, 0.5) is 0 Å². The van der Waals surface area contributed by atoms with Crippen molar-refractivity contribution in [3.63, 3.8) is 0 Å². The number of rotatable bonds is 3. The Hall–Kier alpha value is -2.18. The summed E-state index contributed by atoms with van der Waals surface area (Å²) < 4.78 is 3.82. The Bertz CT molecular complexity index is 925. The molecule has 0 aliphatic heterocycles. The summed E-state index contributed by atoms with van der Waals surface area (Å²) in [5, 5.41) is 0.690. The van der Waals surface area contributed by atoms with Gasteiger partial charge in [-0.3, -0.25) is 9.20 Å². The standard InChI is InChI=1S/C15H9N3OS2/c19-9-11-14(17-13-7-3-4-8-18(11)13)21-15-16-10-5-1-2-6-12(10)20-15/h1-9H. The Morgan fingerprint density at radius 3 is 2.81 bits per heavy atom. The van der Waals surface area contributed by atoms with Crippen LogP contribution in [0.2, 0.25) is 0 Å². The van der Waals surface area contributed by atoms with Gasteiger partial charge in [0.25, 0.3) is 0 Å². The Morgan fingerprint density at radius 1 is 1.10 bits per heavy atom. The van der Waals surface area contributed by atoms with E-state index in [1.165, 1.54) is 11.8 Å². The van der Waals surface area contributed by atoms with E-state index in [0.29, 0.717) is 10.7 Å². The van der Waals surface area contributed by atoms with Crippen molar-refractivity contribution < 1.29 is 4.79 Å². The molecule has 1 aromatic carbocycles. The molecule has 0 spiro atoms. The fraction of sp³-hybridized carbons (Fsp3) is 0. The summed E-state index contributed by atoms with van der Waals surface area (Å²) in [5.74, 6) is 0. The number of hydrogen-bond donors (Lipinski definition) is 0. The molecule has 0 fully saturated rings. The van der Waals surface area contributed by atoms with Crippen molar-refractivity contribution in [3.8, 4) is 0 Å². The Morgan fingerprint density at radius 2 is 1.95 bits per heavy atom. The predicted molar refractivity (Wildman–Crippen MR) is 84.3 cm³/mol. The molecule has 0 bridgehead atoms. The van der Waals surface area contributed by atoms with Gasteiger partial charge >= 0.3 is 0 Å². The fourth-order valence-corrected chi connectivity index (χ4v) is 4.22. The van der Waals surface area contributed by atoms with E-state index < -0.39 is 0 Å². The molecule has 0 N–H and O–H groups in total. The molecule has 4 rings (SSSR count). The summed E-state index contributed by atoms with van der Waals surface area (Å²) in [7, 11) is 0. The highest BCUT2D eigenvalue weighted by Crippen LogP contribution is 2.35. The van der Waals surface area contributed by atoms with E-state index >= 15 is 0 Å². The molecule has 0 atom stereocenters. The SMILES string of the molecule is O=Cc1c(Sc2nc3ccccc3s2)nc2ccccn12. The van der Waals surface area contributed by atoms with Gasteiger partial charge in [-0.25, -0.2) is 9.97 Å². The minimum Gasteiger partial charge on any atom is -0.296 e. The lowest BCUT2D eigenvalue weighted by Crippen LogP contribution is -1.90. The van der Waals surface area contributed by atoms with Crippen LogP contribution in [0.1, 0.15) is 10.5 Å². The highest BCUT2D eigenvalue weighted by atomic mass is 32.2. The minimum atomic E-state index is 0.565. The Balaban J connectivity index is 1.81. The average Bonchev–Trinajstić information content (AvgIpc) is 3.06. The third kappa shape index (κ3) is 2.12. The number of imidazole rings is 1. The van der Waals surface area contributed by atoms with E-state index in [-0.39, 0.29) is 0 Å². The van der Waals surface area contributed by atoms with Gasteiger partial charge in [-0.05, 0) is 36.0 Å². The van der Waals surface area contributed by atoms with Gasteiger partial charge < -0.3 is 0 Å². The van der Waals surface area contributed by atoms with Gasteiger partial charge in [-0.15, -0.1) is 11.3 Å². The summed E-state index contributed by atoms with van der Waals surface area (Å²) in [6.07, 6.45) is 2.68. The van der Waals surface area contributed by atoms with Crippen molar-refractivity contribution in [2.75, 3.05) is 0 Å². The van der Waals surface area contributed by atoms with Crippen LogP contribution in [0.3, 0.4) is 0 Å². The summed E-state index contributed by atoms with van der Waals surface area (Å²) in [4.78, 5) is 20.5. The van der Waals surface area contributed by atoms with E-state index in [9.17, 15) is 4.79 Å². The van der Waals surface area contributed by atoms with Crippen LogP contribution in [-0.4, -0.2) is 20.7 Å². The zero-order valence-electron chi connectivity index (χ0n) is 10.8. The van der Waals surface area contributed by atoms with Gasteiger partial charge in [-0.1, -0.05) is 18.2 Å². The van der Waals surface area contributed by atoms with E-state index in [2.05, 4.69) is 9.97 Å². The van der Waals surface area contributed by atoms with Crippen LogP contribution in [0, 0.1) is 0 Å². The molecule has 0 aliphatic rings. The monoisotopic (exact) mass is 311 g/mol. The van der Waals surface area contributed by atoms with Gasteiger partial charge in [0.05, 0.1) is 10.2 Å². The second-order valence-corrected chi connectivity index (χ2v) is 6.67. The van der Waals surface area contributed by atoms with Crippen molar-refractivity contribution >= 4 is 45.2 Å². The molecule has 0 saturated heterocycles. The predicted octanol–water partition coefficient (Wildman–Crippen LogP) is 3.91. The lowest BCUT2D eigenvalue weighted by molar-refractivity contribution is 0.111. The van der Waals surface area contributed by atoms with Crippen LogP contribution < -0.4 is 0 Å². The number of nitrogens with zero attached hydrogens (tertiary/aromatic N) is 3. The van der Waals surface area contributed by atoms with Crippen LogP contribution in [0.15, 0.2) is 58.0 Å². The molecule has 3 aromatic heterocycles. The third-order valence-electron chi connectivity index (χ3n) is 3.10. The topological polar surface area (TPSA) is 47.3 Å². The van der Waals surface area contributed by atoms with Crippen LogP contribution >= 0.6 is 23.1 Å². The number of carbonyl (C=O) groups excluding carboxylic acids is 1. The summed E-state index contributed by atoms with van der Waals surface area (Å²) in [6.45, 7) is 0. The highest BCUT2D eigenvalue weighted by molar-refractivity contribution is 8.01. The first-order chi connectivity index (χ1) is 10.3. The first-order valence-corrected chi connectivity index (χ1v) is 7.94. The number of pyridine rings is 1. The number of carbonyl (C=O) groups is 1. The van der Waals surface area contributed by atoms with Gasteiger partial charge in [0.1, 0.15) is 16.4 Å².